The molecule has 4 aromatic rings. The Labute approximate surface area is 161 Å². The minimum absolute atomic E-state index is 0.0822. The van der Waals surface area contributed by atoms with Gasteiger partial charge in [0.15, 0.2) is 0 Å². The first-order valence-electron chi connectivity index (χ1n) is 8.63. The average molecular weight is 371 g/mol. The molecule has 0 fully saturated rings. The minimum atomic E-state index is -0.471. The number of amides is 1. The molecule has 138 valence electrons. The van der Waals surface area contributed by atoms with Gasteiger partial charge in [0, 0.05) is 0 Å². The summed E-state index contributed by atoms with van der Waals surface area (Å²) in [6.07, 6.45) is 3.09. The van der Waals surface area contributed by atoms with Gasteiger partial charge in [-0.15, -0.1) is 0 Å². The Morgan fingerprint density at radius 2 is 1.79 bits per heavy atom. The first-order chi connectivity index (χ1) is 13.6. The van der Waals surface area contributed by atoms with Gasteiger partial charge in [0.2, 0.25) is 0 Å². The maximum atomic E-state index is 12.5. The summed E-state index contributed by atoms with van der Waals surface area (Å²) < 4.78 is 1.65. The van der Waals surface area contributed by atoms with Gasteiger partial charge in [-0.2, -0.15) is 10.2 Å². The highest BCUT2D eigenvalue weighted by Crippen LogP contribution is 2.24. The van der Waals surface area contributed by atoms with Crippen molar-refractivity contribution in [3.05, 3.63) is 84.4 Å². The van der Waals surface area contributed by atoms with Crippen LogP contribution in [-0.2, 0) is 0 Å². The third kappa shape index (κ3) is 3.45. The Morgan fingerprint density at radius 3 is 2.46 bits per heavy atom. The smallest absolute Gasteiger partial charge is 0.275 e. The fourth-order valence-corrected chi connectivity index (χ4v) is 2.87. The Kier molecular flexibility index (Phi) is 4.55. The van der Waals surface area contributed by atoms with Gasteiger partial charge in [0.25, 0.3) is 5.91 Å². The van der Waals surface area contributed by atoms with Crippen LogP contribution >= 0.6 is 0 Å². The van der Waals surface area contributed by atoms with Crippen LogP contribution in [0.1, 0.15) is 22.8 Å². The Morgan fingerprint density at radius 1 is 1.07 bits per heavy atom. The SMILES string of the molecule is C/C(=N\NC(=O)c1cc2ccccc2cc1O)c1ccc(-n2cncn2)cc1. The first-order valence-corrected chi connectivity index (χ1v) is 8.63. The standard InChI is InChI=1S/C21H17N5O2/c1-14(15-6-8-18(9-7-15)26-13-22-12-23-26)24-25-21(28)19-10-16-4-2-3-5-17(16)11-20(19)27/h2-13,27H,1H3,(H,25,28)/b24-14+. The van der Waals surface area contributed by atoms with Crippen molar-refractivity contribution in [1.82, 2.24) is 20.2 Å². The van der Waals surface area contributed by atoms with Crippen molar-refractivity contribution >= 4 is 22.4 Å². The van der Waals surface area contributed by atoms with Crippen molar-refractivity contribution in [2.75, 3.05) is 0 Å². The van der Waals surface area contributed by atoms with Gasteiger partial charge in [-0.1, -0.05) is 36.4 Å². The number of nitrogens with zero attached hydrogens (tertiary/aromatic N) is 4. The second-order valence-corrected chi connectivity index (χ2v) is 6.24. The van der Waals surface area contributed by atoms with Gasteiger partial charge in [0.05, 0.1) is 17.0 Å². The molecule has 0 bridgehead atoms. The lowest BCUT2D eigenvalue weighted by molar-refractivity contribution is 0.0952. The lowest BCUT2D eigenvalue weighted by Crippen LogP contribution is -2.19. The number of benzene rings is 3. The summed E-state index contributed by atoms with van der Waals surface area (Å²) in [5.74, 6) is -0.553. The number of nitrogens with one attached hydrogen (secondary N) is 1. The van der Waals surface area contributed by atoms with Crippen LogP contribution in [0.5, 0.6) is 5.75 Å². The second kappa shape index (κ2) is 7.32. The number of carbonyl (C=O) groups is 1. The number of fused-ring (bicyclic) bond motifs is 1. The summed E-state index contributed by atoms with van der Waals surface area (Å²) >= 11 is 0. The lowest BCUT2D eigenvalue weighted by Gasteiger charge is -2.07. The highest BCUT2D eigenvalue weighted by molar-refractivity contribution is 6.03. The molecule has 1 amide bonds. The van der Waals surface area contributed by atoms with E-state index in [4.69, 9.17) is 0 Å². The van der Waals surface area contributed by atoms with Gasteiger partial charge in [-0.25, -0.2) is 15.1 Å². The molecule has 7 heteroatoms. The minimum Gasteiger partial charge on any atom is -0.507 e. The Balaban J connectivity index is 1.52. The van der Waals surface area contributed by atoms with E-state index in [0.29, 0.717) is 5.71 Å². The van der Waals surface area contributed by atoms with E-state index < -0.39 is 5.91 Å². The molecule has 0 unspecified atom stereocenters. The van der Waals surface area contributed by atoms with Crippen LogP contribution in [0.2, 0.25) is 0 Å². The molecule has 4 rings (SSSR count). The summed E-state index contributed by atoms with van der Waals surface area (Å²) in [6, 6.07) is 18.3. The highest BCUT2D eigenvalue weighted by Gasteiger charge is 2.12. The van der Waals surface area contributed by atoms with Gasteiger partial charge >= 0.3 is 0 Å². The molecule has 0 saturated heterocycles. The molecule has 3 aromatic carbocycles. The maximum absolute atomic E-state index is 12.5. The molecule has 7 nitrogen and oxygen atoms in total. The topological polar surface area (TPSA) is 92.4 Å². The van der Waals surface area contributed by atoms with Crippen LogP contribution in [0.3, 0.4) is 0 Å². The van der Waals surface area contributed by atoms with Crippen LogP contribution in [0, 0.1) is 0 Å². The number of phenolic OH excluding ortho intramolecular Hbond substituents is 1. The fourth-order valence-electron chi connectivity index (χ4n) is 2.87. The van der Waals surface area contributed by atoms with E-state index in [-0.39, 0.29) is 11.3 Å². The molecule has 0 aliphatic rings. The normalized spacial score (nSPS) is 11.5. The zero-order chi connectivity index (χ0) is 19.5. The zero-order valence-electron chi connectivity index (χ0n) is 15.1. The van der Waals surface area contributed by atoms with E-state index in [1.54, 1.807) is 30.1 Å². The van der Waals surface area contributed by atoms with Crippen molar-refractivity contribution < 1.29 is 9.90 Å². The molecule has 28 heavy (non-hydrogen) atoms. The van der Waals surface area contributed by atoms with Crippen molar-refractivity contribution in [3.63, 3.8) is 0 Å². The van der Waals surface area contributed by atoms with E-state index in [2.05, 4.69) is 20.6 Å². The third-order valence-corrected chi connectivity index (χ3v) is 4.40. The maximum Gasteiger partial charge on any atom is 0.275 e. The predicted molar refractivity (Wildman–Crippen MR) is 107 cm³/mol. The van der Waals surface area contributed by atoms with Crippen molar-refractivity contribution in [3.8, 4) is 11.4 Å². The van der Waals surface area contributed by atoms with Gasteiger partial charge < -0.3 is 5.11 Å². The largest absolute Gasteiger partial charge is 0.507 e. The molecular formula is C21H17N5O2. The fraction of sp³-hybridized carbons (Fsp3) is 0.0476. The quantitative estimate of drug-likeness (QED) is 0.425. The molecule has 0 radical (unpaired) electrons. The highest BCUT2D eigenvalue weighted by atomic mass is 16.3. The van der Waals surface area contributed by atoms with Crippen LogP contribution in [-0.4, -0.2) is 31.5 Å². The summed E-state index contributed by atoms with van der Waals surface area (Å²) in [5, 5.41) is 20.1. The van der Waals surface area contributed by atoms with Crippen molar-refractivity contribution in [1.29, 1.82) is 0 Å². The predicted octanol–water partition coefficient (Wildman–Crippen LogP) is 3.28. The Hall–Kier alpha value is -4.00. The van der Waals surface area contributed by atoms with Crippen LogP contribution in [0.4, 0.5) is 0 Å². The van der Waals surface area contributed by atoms with E-state index in [9.17, 15) is 9.90 Å². The van der Waals surface area contributed by atoms with Gasteiger partial charge in [0.1, 0.15) is 18.4 Å². The summed E-state index contributed by atoms with van der Waals surface area (Å²) in [5.41, 5.74) is 5.05. The summed E-state index contributed by atoms with van der Waals surface area (Å²) in [6.45, 7) is 1.80. The molecule has 2 N–H and O–H groups in total. The molecular weight excluding hydrogens is 354 g/mol. The number of aromatic hydroxyl groups is 1. The lowest BCUT2D eigenvalue weighted by atomic mass is 10.1. The van der Waals surface area contributed by atoms with Gasteiger partial charge in [-0.3, -0.25) is 4.79 Å². The molecule has 0 atom stereocenters. The number of hydrogen-bond donors (Lipinski definition) is 2. The molecule has 1 aromatic heterocycles. The number of carbonyl (C=O) groups excluding carboxylic acids is 1. The monoisotopic (exact) mass is 371 g/mol. The number of phenols is 1. The van der Waals surface area contributed by atoms with Crippen LogP contribution < -0.4 is 5.43 Å². The zero-order valence-corrected chi connectivity index (χ0v) is 15.1. The second-order valence-electron chi connectivity index (χ2n) is 6.24. The molecule has 0 spiro atoms. The third-order valence-electron chi connectivity index (χ3n) is 4.40. The van der Waals surface area contributed by atoms with Crippen LogP contribution in [0.25, 0.3) is 16.5 Å². The Bertz CT molecular complexity index is 1170. The first kappa shape index (κ1) is 17.4. The summed E-state index contributed by atoms with van der Waals surface area (Å²) in [4.78, 5) is 16.4. The number of hydrogen-bond acceptors (Lipinski definition) is 5. The summed E-state index contributed by atoms with van der Waals surface area (Å²) in [7, 11) is 0. The van der Waals surface area contributed by atoms with Crippen molar-refractivity contribution in [2.45, 2.75) is 6.92 Å². The van der Waals surface area contributed by atoms with E-state index in [1.165, 1.54) is 6.33 Å². The molecule has 0 saturated carbocycles. The number of hydrazone groups is 1. The molecule has 0 aliphatic carbocycles. The van der Waals surface area contributed by atoms with E-state index in [1.807, 2.05) is 48.5 Å². The van der Waals surface area contributed by atoms with Gasteiger partial charge in [-0.05, 0) is 47.5 Å². The molecule has 0 aliphatic heterocycles. The molecule has 1 heterocycles. The van der Waals surface area contributed by atoms with Crippen LogP contribution in [0.15, 0.2) is 78.4 Å². The van der Waals surface area contributed by atoms with Crippen molar-refractivity contribution in [2.24, 2.45) is 5.10 Å². The number of rotatable bonds is 4. The van der Waals surface area contributed by atoms with E-state index in [0.717, 1.165) is 22.0 Å². The number of aromatic nitrogens is 3. The average Bonchev–Trinajstić information content (AvgIpc) is 3.26. The van der Waals surface area contributed by atoms with E-state index >= 15 is 0 Å².